The average Bonchev–Trinajstić information content (AvgIpc) is 2.39. The van der Waals surface area contributed by atoms with Crippen LogP contribution in [0.15, 0.2) is 24.3 Å². The van der Waals surface area contributed by atoms with Crippen molar-refractivity contribution in [2.24, 2.45) is 5.84 Å². The molecule has 3 N–H and O–H groups in total. The first-order chi connectivity index (χ1) is 9.51. The molecule has 4 nitrogen and oxygen atoms in total. The van der Waals surface area contributed by atoms with Gasteiger partial charge in [0.1, 0.15) is 18.2 Å². The van der Waals surface area contributed by atoms with Crippen LogP contribution in [0.1, 0.15) is 16.8 Å². The van der Waals surface area contributed by atoms with Crippen molar-refractivity contribution in [3.8, 4) is 5.75 Å². The second kappa shape index (κ2) is 6.31. The number of pyridine rings is 1. The molecule has 0 aliphatic heterocycles. The molecule has 106 valence electrons. The van der Waals surface area contributed by atoms with Crippen LogP contribution >= 0.6 is 23.2 Å². The highest BCUT2D eigenvalue weighted by atomic mass is 35.5. The molecule has 0 saturated heterocycles. The number of rotatable bonds is 4. The Morgan fingerprint density at radius 1 is 1.20 bits per heavy atom. The Hall–Kier alpha value is -1.49. The number of anilines is 1. The number of nitrogens with zero attached hydrogens (tertiary/aromatic N) is 1. The maximum atomic E-state index is 6.09. The van der Waals surface area contributed by atoms with Crippen molar-refractivity contribution < 1.29 is 4.74 Å². The van der Waals surface area contributed by atoms with Crippen LogP contribution in [0.3, 0.4) is 0 Å². The van der Waals surface area contributed by atoms with Gasteiger partial charge in [0.15, 0.2) is 0 Å². The van der Waals surface area contributed by atoms with Gasteiger partial charge >= 0.3 is 0 Å². The number of hydrogen-bond acceptors (Lipinski definition) is 4. The van der Waals surface area contributed by atoms with Gasteiger partial charge in [-0.3, -0.25) is 0 Å². The molecule has 6 heteroatoms. The first-order valence-electron chi connectivity index (χ1n) is 6.03. The van der Waals surface area contributed by atoms with Crippen LogP contribution in [0.5, 0.6) is 5.75 Å². The Morgan fingerprint density at radius 2 is 1.85 bits per heavy atom. The molecular formula is C14H15Cl2N3O. The predicted molar refractivity (Wildman–Crippen MR) is 82.3 cm³/mol. The van der Waals surface area contributed by atoms with Crippen molar-refractivity contribution in [2.75, 3.05) is 5.43 Å². The highest BCUT2D eigenvalue weighted by Crippen LogP contribution is 2.28. The maximum Gasteiger partial charge on any atom is 0.140 e. The SMILES string of the molecule is Cc1cc(Cl)cc(C)c1OCc1nc(NN)ccc1Cl. The highest BCUT2D eigenvalue weighted by Gasteiger charge is 2.09. The molecule has 0 bridgehead atoms. The minimum absolute atomic E-state index is 0.262. The van der Waals surface area contributed by atoms with Crippen LogP contribution in [0.25, 0.3) is 0 Å². The van der Waals surface area contributed by atoms with Crippen molar-refractivity contribution in [1.82, 2.24) is 4.98 Å². The fraction of sp³-hybridized carbons (Fsp3) is 0.214. The normalized spacial score (nSPS) is 10.4. The summed E-state index contributed by atoms with van der Waals surface area (Å²) in [7, 11) is 0. The van der Waals surface area contributed by atoms with Gasteiger partial charge in [0.25, 0.3) is 0 Å². The van der Waals surface area contributed by atoms with Gasteiger partial charge in [0.2, 0.25) is 0 Å². The Morgan fingerprint density at radius 3 is 2.45 bits per heavy atom. The van der Waals surface area contributed by atoms with E-state index in [0.717, 1.165) is 16.9 Å². The lowest BCUT2D eigenvalue weighted by Gasteiger charge is -2.13. The quantitative estimate of drug-likeness (QED) is 0.664. The van der Waals surface area contributed by atoms with Crippen LogP contribution in [-0.4, -0.2) is 4.98 Å². The first-order valence-corrected chi connectivity index (χ1v) is 6.78. The van der Waals surface area contributed by atoms with E-state index in [1.807, 2.05) is 26.0 Å². The molecular weight excluding hydrogens is 297 g/mol. The number of halogens is 2. The lowest BCUT2D eigenvalue weighted by molar-refractivity contribution is 0.297. The zero-order valence-electron chi connectivity index (χ0n) is 11.2. The number of aromatic nitrogens is 1. The van der Waals surface area contributed by atoms with Gasteiger partial charge in [0.05, 0.1) is 10.7 Å². The van der Waals surface area contributed by atoms with E-state index in [0.29, 0.717) is 21.6 Å². The first kappa shape index (κ1) is 14.9. The molecule has 1 aromatic carbocycles. The third-order valence-electron chi connectivity index (χ3n) is 2.84. The molecule has 0 aliphatic carbocycles. The van der Waals surface area contributed by atoms with Crippen LogP contribution in [-0.2, 0) is 6.61 Å². The van der Waals surface area contributed by atoms with Gasteiger partial charge in [-0.15, -0.1) is 0 Å². The Bertz CT molecular complexity index is 609. The fourth-order valence-corrected chi connectivity index (χ4v) is 2.42. The molecule has 0 saturated carbocycles. The molecule has 0 amide bonds. The van der Waals surface area contributed by atoms with E-state index in [1.54, 1.807) is 12.1 Å². The Labute approximate surface area is 127 Å². The lowest BCUT2D eigenvalue weighted by atomic mass is 10.1. The van der Waals surface area contributed by atoms with Gasteiger partial charge in [-0.2, -0.15) is 0 Å². The summed E-state index contributed by atoms with van der Waals surface area (Å²) >= 11 is 12.1. The average molecular weight is 312 g/mol. The fourth-order valence-electron chi connectivity index (χ4n) is 1.93. The summed E-state index contributed by atoms with van der Waals surface area (Å²) in [4.78, 5) is 4.26. The van der Waals surface area contributed by atoms with Gasteiger partial charge < -0.3 is 10.2 Å². The number of nitrogens with one attached hydrogen (secondary N) is 1. The van der Waals surface area contributed by atoms with E-state index >= 15 is 0 Å². The molecule has 2 rings (SSSR count). The van der Waals surface area contributed by atoms with E-state index in [9.17, 15) is 0 Å². The minimum atomic E-state index is 0.262. The molecule has 20 heavy (non-hydrogen) atoms. The molecule has 1 heterocycles. The molecule has 0 unspecified atom stereocenters. The van der Waals surface area contributed by atoms with Gasteiger partial charge in [-0.25, -0.2) is 10.8 Å². The monoisotopic (exact) mass is 311 g/mol. The summed E-state index contributed by atoms with van der Waals surface area (Å²) in [5, 5.41) is 1.23. The minimum Gasteiger partial charge on any atom is -0.487 e. The molecule has 0 fully saturated rings. The maximum absolute atomic E-state index is 6.09. The van der Waals surface area contributed by atoms with Gasteiger partial charge in [-0.05, 0) is 49.2 Å². The smallest absolute Gasteiger partial charge is 0.140 e. The number of benzene rings is 1. The van der Waals surface area contributed by atoms with Crippen molar-refractivity contribution in [3.63, 3.8) is 0 Å². The van der Waals surface area contributed by atoms with Gasteiger partial charge in [0, 0.05) is 5.02 Å². The molecule has 0 spiro atoms. The third kappa shape index (κ3) is 3.33. The number of hydrazine groups is 1. The molecule has 1 aromatic heterocycles. The number of aryl methyl sites for hydroxylation is 2. The number of nitrogens with two attached hydrogens (primary N) is 1. The second-order valence-corrected chi connectivity index (χ2v) is 5.27. The van der Waals surface area contributed by atoms with E-state index in [-0.39, 0.29) is 6.61 Å². The van der Waals surface area contributed by atoms with Gasteiger partial charge in [-0.1, -0.05) is 23.2 Å². The zero-order valence-corrected chi connectivity index (χ0v) is 12.7. The molecule has 0 radical (unpaired) electrons. The number of hydrogen-bond donors (Lipinski definition) is 2. The van der Waals surface area contributed by atoms with Crippen molar-refractivity contribution in [2.45, 2.75) is 20.5 Å². The van der Waals surface area contributed by atoms with E-state index in [4.69, 9.17) is 33.8 Å². The van der Waals surface area contributed by atoms with Crippen LogP contribution in [0.2, 0.25) is 10.0 Å². The molecule has 2 aromatic rings. The lowest BCUT2D eigenvalue weighted by Crippen LogP contribution is -2.10. The third-order valence-corrected chi connectivity index (χ3v) is 3.41. The summed E-state index contributed by atoms with van der Waals surface area (Å²) in [6.07, 6.45) is 0. The largest absolute Gasteiger partial charge is 0.487 e. The molecule has 0 aliphatic rings. The van der Waals surface area contributed by atoms with Crippen LogP contribution in [0.4, 0.5) is 5.82 Å². The van der Waals surface area contributed by atoms with Crippen molar-refractivity contribution in [3.05, 3.63) is 51.1 Å². The van der Waals surface area contributed by atoms with Crippen molar-refractivity contribution >= 4 is 29.0 Å². The van der Waals surface area contributed by atoms with Crippen molar-refractivity contribution in [1.29, 1.82) is 0 Å². The van der Waals surface area contributed by atoms with E-state index in [1.165, 1.54) is 0 Å². The second-order valence-electron chi connectivity index (χ2n) is 4.43. The van der Waals surface area contributed by atoms with Crippen LogP contribution < -0.4 is 16.0 Å². The molecule has 0 atom stereocenters. The topological polar surface area (TPSA) is 60.2 Å². The zero-order chi connectivity index (χ0) is 14.7. The summed E-state index contributed by atoms with van der Waals surface area (Å²) in [6.45, 7) is 4.15. The summed E-state index contributed by atoms with van der Waals surface area (Å²) in [6, 6.07) is 7.14. The summed E-state index contributed by atoms with van der Waals surface area (Å²) < 4.78 is 5.81. The predicted octanol–water partition coefficient (Wildman–Crippen LogP) is 3.87. The Kier molecular flexibility index (Phi) is 4.70. The number of ether oxygens (including phenoxy) is 1. The summed E-state index contributed by atoms with van der Waals surface area (Å²) in [5.74, 6) is 6.66. The van der Waals surface area contributed by atoms with E-state index < -0.39 is 0 Å². The highest BCUT2D eigenvalue weighted by molar-refractivity contribution is 6.31. The number of nitrogen functional groups attached to an aromatic ring is 1. The van der Waals surface area contributed by atoms with E-state index in [2.05, 4.69) is 10.4 Å². The standard InChI is InChI=1S/C14H15Cl2N3O/c1-8-5-10(15)6-9(2)14(8)20-7-12-11(16)3-4-13(18-12)19-17/h3-6H,7,17H2,1-2H3,(H,18,19). The Balaban J connectivity index is 2.21. The van der Waals surface area contributed by atoms with Crippen LogP contribution in [0, 0.1) is 13.8 Å². The summed E-state index contributed by atoms with van der Waals surface area (Å²) in [5.41, 5.74) is 5.04.